The van der Waals surface area contributed by atoms with E-state index < -0.39 is 12.0 Å². The SMILES string of the molecule is O=C1NC(=O)[C@H]2[C@H]1[C@@H](c1ccc(Cl)cc1)NN2Cc1ccccc1. The van der Waals surface area contributed by atoms with E-state index in [9.17, 15) is 9.59 Å². The number of imide groups is 1. The standard InChI is InChI=1S/C18H16ClN3O2/c19-13-8-6-12(7-9-13)15-14-16(18(24)20-17(14)23)22(21-15)10-11-4-2-1-3-5-11/h1-9,14-16,21H,10H2,(H,20,23,24)/t14-,15-,16-/m1/s1. The first-order valence-electron chi connectivity index (χ1n) is 7.80. The molecular weight excluding hydrogens is 326 g/mol. The molecule has 122 valence electrons. The molecule has 0 aliphatic carbocycles. The molecule has 2 aromatic rings. The third-order valence-electron chi connectivity index (χ3n) is 4.58. The molecule has 2 N–H and O–H groups in total. The van der Waals surface area contributed by atoms with Gasteiger partial charge in [0, 0.05) is 11.6 Å². The molecular formula is C18H16ClN3O2. The zero-order chi connectivity index (χ0) is 16.7. The van der Waals surface area contributed by atoms with E-state index in [1.807, 2.05) is 47.5 Å². The van der Waals surface area contributed by atoms with Gasteiger partial charge < -0.3 is 0 Å². The van der Waals surface area contributed by atoms with Gasteiger partial charge in [-0.25, -0.2) is 10.4 Å². The van der Waals surface area contributed by atoms with Crippen molar-refractivity contribution >= 4 is 23.4 Å². The van der Waals surface area contributed by atoms with Gasteiger partial charge in [0.25, 0.3) is 0 Å². The van der Waals surface area contributed by atoms with Gasteiger partial charge >= 0.3 is 0 Å². The molecule has 2 fully saturated rings. The fourth-order valence-corrected chi connectivity index (χ4v) is 3.60. The van der Waals surface area contributed by atoms with Crippen LogP contribution in [0.4, 0.5) is 0 Å². The van der Waals surface area contributed by atoms with Crippen LogP contribution >= 0.6 is 11.6 Å². The number of amides is 2. The molecule has 6 heteroatoms. The van der Waals surface area contributed by atoms with Crippen LogP contribution in [-0.4, -0.2) is 22.9 Å². The van der Waals surface area contributed by atoms with Crippen molar-refractivity contribution in [3.63, 3.8) is 0 Å². The highest BCUT2D eigenvalue weighted by atomic mass is 35.5. The molecule has 2 aromatic carbocycles. The Bertz CT molecular complexity index is 779. The largest absolute Gasteiger partial charge is 0.295 e. The number of hydrogen-bond donors (Lipinski definition) is 2. The Morgan fingerprint density at radius 3 is 2.38 bits per heavy atom. The fourth-order valence-electron chi connectivity index (χ4n) is 3.47. The second-order valence-electron chi connectivity index (χ2n) is 6.10. The number of rotatable bonds is 3. The molecule has 0 spiro atoms. The summed E-state index contributed by atoms with van der Waals surface area (Å²) in [4.78, 5) is 24.6. The first kappa shape index (κ1) is 15.3. The van der Waals surface area contributed by atoms with Gasteiger partial charge in [-0.2, -0.15) is 0 Å². The maximum Gasteiger partial charge on any atom is 0.246 e. The molecule has 3 atom stereocenters. The van der Waals surface area contributed by atoms with E-state index in [2.05, 4.69) is 10.7 Å². The highest BCUT2D eigenvalue weighted by Crippen LogP contribution is 2.37. The van der Waals surface area contributed by atoms with Gasteiger partial charge in [0.2, 0.25) is 11.8 Å². The van der Waals surface area contributed by atoms with Crippen molar-refractivity contribution < 1.29 is 9.59 Å². The van der Waals surface area contributed by atoms with Crippen LogP contribution in [0.25, 0.3) is 0 Å². The molecule has 4 rings (SSSR count). The number of nitrogens with one attached hydrogen (secondary N) is 2. The van der Waals surface area contributed by atoms with Crippen LogP contribution in [0, 0.1) is 5.92 Å². The van der Waals surface area contributed by atoms with Crippen molar-refractivity contribution in [2.45, 2.75) is 18.6 Å². The van der Waals surface area contributed by atoms with E-state index in [4.69, 9.17) is 11.6 Å². The molecule has 2 amide bonds. The average molecular weight is 342 g/mol. The molecule has 2 aliphatic heterocycles. The summed E-state index contributed by atoms with van der Waals surface area (Å²) < 4.78 is 0. The number of benzene rings is 2. The minimum absolute atomic E-state index is 0.229. The van der Waals surface area contributed by atoms with Crippen molar-refractivity contribution in [2.24, 2.45) is 5.92 Å². The van der Waals surface area contributed by atoms with Crippen LogP contribution in [0.1, 0.15) is 17.2 Å². The zero-order valence-electron chi connectivity index (χ0n) is 12.8. The van der Waals surface area contributed by atoms with Crippen LogP contribution in [-0.2, 0) is 16.1 Å². The van der Waals surface area contributed by atoms with Gasteiger partial charge in [-0.15, -0.1) is 0 Å². The van der Waals surface area contributed by atoms with Gasteiger partial charge in [0.05, 0.1) is 12.0 Å². The predicted molar refractivity (Wildman–Crippen MR) is 89.7 cm³/mol. The Morgan fingerprint density at radius 2 is 1.67 bits per heavy atom. The molecule has 0 unspecified atom stereocenters. The van der Waals surface area contributed by atoms with E-state index in [0.717, 1.165) is 11.1 Å². The number of hydrogen-bond acceptors (Lipinski definition) is 4. The van der Waals surface area contributed by atoms with E-state index >= 15 is 0 Å². The lowest BCUT2D eigenvalue weighted by atomic mass is 9.91. The minimum atomic E-state index is -0.501. The highest BCUT2D eigenvalue weighted by molar-refractivity contribution is 6.30. The van der Waals surface area contributed by atoms with Crippen molar-refractivity contribution in [2.75, 3.05) is 0 Å². The number of halogens is 1. The minimum Gasteiger partial charge on any atom is -0.295 e. The van der Waals surface area contributed by atoms with Crippen LogP contribution in [0.2, 0.25) is 5.02 Å². The van der Waals surface area contributed by atoms with E-state index in [1.54, 1.807) is 12.1 Å². The quantitative estimate of drug-likeness (QED) is 0.839. The number of carbonyl (C=O) groups is 2. The van der Waals surface area contributed by atoms with Crippen molar-refractivity contribution in [3.8, 4) is 0 Å². The summed E-state index contributed by atoms with van der Waals surface area (Å²) >= 11 is 5.95. The topological polar surface area (TPSA) is 61.4 Å². The normalized spacial score (nSPS) is 26.5. The van der Waals surface area contributed by atoms with Gasteiger partial charge in [-0.05, 0) is 23.3 Å². The maximum absolute atomic E-state index is 12.3. The Balaban J connectivity index is 1.66. The molecule has 2 aliphatic rings. The Hall–Kier alpha value is -2.21. The molecule has 24 heavy (non-hydrogen) atoms. The summed E-state index contributed by atoms with van der Waals surface area (Å²) in [5.41, 5.74) is 5.36. The number of nitrogens with zero attached hydrogens (tertiary/aromatic N) is 1. The lowest BCUT2D eigenvalue weighted by Crippen LogP contribution is -2.43. The third-order valence-corrected chi connectivity index (χ3v) is 4.83. The van der Waals surface area contributed by atoms with E-state index in [0.29, 0.717) is 11.6 Å². The van der Waals surface area contributed by atoms with Gasteiger partial charge in [0.1, 0.15) is 6.04 Å². The smallest absolute Gasteiger partial charge is 0.246 e. The summed E-state index contributed by atoms with van der Waals surface area (Å²) in [7, 11) is 0. The van der Waals surface area contributed by atoms with Crippen molar-refractivity contribution in [3.05, 3.63) is 70.7 Å². The first-order chi connectivity index (χ1) is 11.6. The number of hydrazine groups is 1. The summed E-state index contributed by atoms with van der Waals surface area (Å²) in [6.45, 7) is 0.548. The molecule has 0 aromatic heterocycles. The van der Waals surface area contributed by atoms with E-state index in [-0.39, 0.29) is 17.9 Å². The predicted octanol–water partition coefficient (Wildman–Crippen LogP) is 2.04. The molecule has 2 saturated heterocycles. The Labute approximate surface area is 144 Å². The third kappa shape index (κ3) is 2.60. The summed E-state index contributed by atoms with van der Waals surface area (Å²) in [6.07, 6.45) is 0. The molecule has 0 saturated carbocycles. The fraction of sp³-hybridized carbons (Fsp3) is 0.222. The molecule has 0 radical (unpaired) electrons. The molecule has 5 nitrogen and oxygen atoms in total. The summed E-state index contributed by atoms with van der Waals surface area (Å²) in [6, 6.07) is 16.5. The molecule has 2 heterocycles. The van der Waals surface area contributed by atoms with Crippen LogP contribution in [0.15, 0.2) is 54.6 Å². The average Bonchev–Trinajstić information content (AvgIpc) is 3.09. The first-order valence-corrected chi connectivity index (χ1v) is 8.18. The van der Waals surface area contributed by atoms with Gasteiger partial charge in [-0.1, -0.05) is 54.1 Å². The lowest BCUT2D eigenvalue weighted by molar-refractivity contribution is -0.127. The summed E-state index contributed by atoms with van der Waals surface area (Å²) in [5, 5.41) is 4.96. The second-order valence-corrected chi connectivity index (χ2v) is 6.53. The highest BCUT2D eigenvalue weighted by Gasteiger charge is 2.54. The summed E-state index contributed by atoms with van der Waals surface area (Å²) in [5.74, 6) is -0.916. The monoisotopic (exact) mass is 341 g/mol. The van der Waals surface area contributed by atoms with Gasteiger partial charge in [-0.3, -0.25) is 14.9 Å². The van der Waals surface area contributed by atoms with Crippen LogP contribution in [0.5, 0.6) is 0 Å². The second kappa shape index (κ2) is 6.02. The number of carbonyl (C=O) groups excluding carboxylic acids is 2. The van der Waals surface area contributed by atoms with Crippen LogP contribution in [0.3, 0.4) is 0 Å². The number of fused-ring (bicyclic) bond motifs is 1. The van der Waals surface area contributed by atoms with Gasteiger partial charge in [0.15, 0.2) is 0 Å². The Kier molecular flexibility index (Phi) is 3.84. The van der Waals surface area contributed by atoms with Crippen LogP contribution < -0.4 is 10.7 Å². The Morgan fingerprint density at radius 1 is 0.958 bits per heavy atom. The van der Waals surface area contributed by atoms with Crippen molar-refractivity contribution in [1.82, 2.24) is 15.8 Å². The zero-order valence-corrected chi connectivity index (χ0v) is 13.5. The maximum atomic E-state index is 12.3. The van der Waals surface area contributed by atoms with Crippen molar-refractivity contribution in [1.29, 1.82) is 0 Å². The lowest BCUT2D eigenvalue weighted by Gasteiger charge is -2.22. The van der Waals surface area contributed by atoms with E-state index in [1.165, 1.54) is 0 Å². The molecule has 0 bridgehead atoms.